The fourth-order valence-electron chi connectivity index (χ4n) is 5.71. The number of anilines is 2. The zero-order chi connectivity index (χ0) is 33.0. The van der Waals surface area contributed by atoms with Gasteiger partial charge in [0.05, 0.1) is 25.8 Å². The van der Waals surface area contributed by atoms with Gasteiger partial charge >= 0.3 is 0 Å². The van der Waals surface area contributed by atoms with Gasteiger partial charge in [-0.1, -0.05) is 18.2 Å². The van der Waals surface area contributed by atoms with Crippen molar-refractivity contribution >= 4 is 40.0 Å². The number of para-hydroxylation sites is 1. The molecule has 2 heterocycles. The lowest BCUT2D eigenvalue weighted by Gasteiger charge is -2.31. The van der Waals surface area contributed by atoms with Crippen LogP contribution in [0.4, 0.5) is 15.8 Å². The number of ether oxygens (including phenoxy) is 3. The van der Waals surface area contributed by atoms with Crippen LogP contribution in [0.15, 0.2) is 72.9 Å². The Balaban J connectivity index is 1.11. The lowest BCUT2D eigenvalue weighted by Crippen LogP contribution is -2.40. The number of pyridine rings is 1. The molecule has 1 aliphatic heterocycles. The first-order valence-corrected chi connectivity index (χ1v) is 15.5. The summed E-state index contributed by atoms with van der Waals surface area (Å²) in [6.45, 7) is 2.31. The van der Waals surface area contributed by atoms with Gasteiger partial charge in [-0.15, -0.1) is 0 Å². The van der Waals surface area contributed by atoms with E-state index in [-0.39, 0.29) is 23.9 Å². The molecule has 4 N–H and O–H groups in total. The molecule has 3 aromatic carbocycles. The molecule has 2 aliphatic rings. The zero-order valence-electron chi connectivity index (χ0n) is 26.0. The summed E-state index contributed by atoms with van der Waals surface area (Å²) in [6, 6.07) is 18.1. The van der Waals surface area contributed by atoms with E-state index < -0.39 is 23.0 Å². The molecule has 2 fully saturated rings. The molecule has 1 saturated heterocycles. The van der Waals surface area contributed by atoms with Gasteiger partial charge in [0.15, 0.2) is 23.1 Å². The molecular weight excluding hydrogens is 605 g/mol. The number of piperidine rings is 1. The molecule has 1 aliphatic carbocycles. The van der Waals surface area contributed by atoms with E-state index in [0.29, 0.717) is 59.2 Å². The third kappa shape index (κ3) is 7.28. The van der Waals surface area contributed by atoms with Crippen molar-refractivity contribution < 1.29 is 33.0 Å². The Labute approximate surface area is 271 Å². The van der Waals surface area contributed by atoms with Crippen molar-refractivity contribution in [1.82, 2.24) is 9.88 Å². The molecule has 1 saturated carbocycles. The number of halogens is 1. The van der Waals surface area contributed by atoms with E-state index >= 15 is 4.39 Å². The number of methoxy groups -OCH3 is 1. The first-order valence-electron chi connectivity index (χ1n) is 15.5. The van der Waals surface area contributed by atoms with Gasteiger partial charge in [0.25, 0.3) is 0 Å². The third-order valence-corrected chi connectivity index (χ3v) is 8.61. The number of benzene rings is 3. The van der Waals surface area contributed by atoms with E-state index in [1.54, 1.807) is 48.7 Å². The van der Waals surface area contributed by atoms with E-state index in [0.717, 1.165) is 32.0 Å². The van der Waals surface area contributed by atoms with Crippen molar-refractivity contribution in [2.24, 2.45) is 17.1 Å². The smallest absolute Gasteiger partial charge is 0.240 e. The monoisotopic (exact) mass is 641 g/mol. The highest BCUT2D eigenvalue weighted by Gasteiger charge is 2.56. The Morgan fingerprint density at radius 3 is 2.30 bits per heavy atom. The maximum atomic E-state index is 15.3. The molecule has 0 atom stereocenters. The van der Waals surface area contributed by atoms with Crippen LogP contribution in [0.2, 0.25) is 0 Å². The number of aromatic nitrogens is 1. The fourth-order valence-corrected chi connectivity index (χ4v) is 5.71. The van der Waals surface area contributed by atoms with Crippen molar-refractivity contribution in [2.75, 3.05) is 44.0 Å². The number of hydrogen-bond donors (Lipinski definition) is 3. The quantitative estimate of drug-likeness (QED) is 0.181. The highest BCUT2D eigenvalue weighted by molar-refractivity contribution is 6.16. The Morgan fingerprint density at radius 1 is 0.915 bits per heavy atom. The van der Waals surface area contributed by atoms with Crippen LogP contribution in [0.1, 0.15) is 25.7 Å². The molecule has 4 aromatic rings. The molecule has 244 valence electrons. The number of rotatable bonds is 12. The molecule has 0 radical (unpaired) electrons. The SMILES string of the molecule is COc1cc2c(Oc3ccc(NC(=O)C4(C(=O)Nc5ccccc5)CC4)cc3F)ccnc2cc1OCC1CCN(CC(N)=O)CC1. The molecule has 0 spiro atoms. The van der Waals surface area contributed by atoms with Crippen molar-refractivity contribution in [3.05, 3.63) is 78.7 Å². The van der Waals surface area contributed by atoms with Crippen LogP contribution in [-0.2, 0) is 14.4 Å². The molecule has 11 nitrogen and oxygen atoms in total. The fraction of sp³-hybridized carbons (Fsp3) is 0.314. The average Bonchev–Trinajstić information content (AvgIpc) is 3.88. The number of nitrogens with zero attached hydrogens (tertiary/aromatic N) is 2. The van der Waals surface area contributed by atoms with Gasteiger partial charge < -0.3 is 30.6 Å². The number of fused-ring (bicyclic) bond motifs is 1. The summed E-state index contributed by atoms with van der Waals surface area (Å²) in [7, 11) is 1.54. The van der Waals surface area contributed by atoms with E-state index in [2.05, 4.69) is 15.6 Å². The molecule has 6 rings (SSSR count). The van der Waals surface area contributed by atoms with Gasteiger partial charge in [0, 0.05) is 35.1 Å². The third-order valence-electron chi connectivity index (χ3n) is 8.61. The minimum atomic E-state index is -1.19. The Morgan fingerprint density at radius 2 is 1.64 bits per heavy atom. The molecule has 3 amide bonds. The van der Waals surface area contributed by atoms with E-state index in [1.807, 2.05) is 11.0 Å². The van der Waals surface area contributed by atoms with Gasteiger partial charge in [0.2, 0.25) is 17.7 Å². The van der Waals surface area contributed by atoms with Crippen molar-refractivity contribution in [3.63, 3.8) is 0 Å². The minimum absolute atomic E-state index is 0.0552. The summed E-state index contributed by atoms with van der Waals surface area (Å²) < 4.78 is 33.0. The van der Waals surface area contributed by atoms with E-state index in [1.165, 1.54) is 19.2 Å². The van der Waals surface area contributed by atoms with Crippen LogP contribution in [-0.4, -0.2) is 61.0 Å². The number of carbonyl (C=O) groups is 3. The highest BCUT2D eigenvalue weighted by Crippen LogP contribution is 2.47. The summed E-state index contributed by atoms with van der Waals surface area (Å²) in [5, 5.41) is 6.06. The normalized spacial score (nSPS) is 15.9. The summed E-state index contributed by atoms with van der Waals surface area (Å²) in [5.41, 5.74) is 5.51. The largest absolute Gasteiger partial charge is 0.493 e. The molecule has 0 bridgehead atoms. The predicted octanol–water partition coefficient (Wildman–Crippen LogP) is 5.11. The van der Waals surface area contributed by atoms with Gasteiger partial charge in [-0.05, 0) is 81.1 Å². The summed E-state index contributed by atoms with van der Waals surface area (Å²) in [4.78, 5) is 43.6. The predicted molar refractivity (Wildman–Crippen MR) is 174 cm³/mol. The number of nitrogens with one attached hydrogen (secondary N) is 2. The number of primary amides is 1. The molecular formula is C35H36FN5O6. The molecule has 1 aromatic heterocycles. The van der Waals surface area contributed by atoms with E-state index in [4.69, 9.17) is 19.9 Å². The van der Waals surface area contributed by atoms with Gasteiger partial charge in [-0.3, -0.25) is 24.3 Å². The topological polar surface area (TPSA) is 145 Å². The number of carbonyl (C=O) groups excluding carboxylic acids is 3. The van der Waals surface area contributed by atoms with Gasteiger partial charge in [-0.25, -0.2) is 4.39 Å². The average molecular weight is 642 g/mol. The second-order valence-electron chi connectivity index (χ2n) is 11.9. The van der Waals surface area contributed by atoms with Crippen LogP contribution < -0.4 is 30.6 Å². The Bertz CT molecular complexity index is 1790. The van der Waals surface area contributed by atoms with Crippen LogP contribution in [0.3, 0.4) is 0 Å². The van der Waals surface area contributed by atoms with E-state index in [9.17, 15) is 14.4 Å². The Hall–Kier alpha value is -5.23. The van der Waals surface area contributed by atoms with Gasteiger partial charge in [0.1, 0.15) is 11.2 Å². The number of hydrogen-bond acceptors (Lipinski definition) is 8. The van der Waals surface area contributed by atoms with Crippen LogP contribution in [0, 0.1) is 17.2 Å². The maximum absolute atomic E-state index is 15.3. The lowest BCUT2D eigenvalue weighted by atomic mass is 9.98. The number of nitrogens with two attached hydrogens (primary N) is 1. The summed E-state index contributed by atoms with van der Waals surface area (Å²) >= 11 is 0. The molecule has 47 heavy (non-hydrogen) atoms. The van der Waals surface area contributed by atoms with Crippen molar-refractivity contribution in [3.8, 4) is 23.0 Å². The number of likely N-dealkylation sites (tertiary alicyclic amines) is 1. The van der Waals surface area contributed by atoms with Crippen LogP contribution in [0.5, 0.6) is 23.0 Å². The van der Waals surface area contributed by atoms with Crippen LogP contribution in [0.25, 0.3) is 10.9 Å². The zero-order valence-corrected chi connectivity index (χ0v) is 26.0. The number of amides is 3. The first-order chi connectivity index (χ1) is 22.7. The second kappa shape index (κ2) is 13.6. The molecule has 12 heteroatoms. The molecule has 0 unspecified atom stereocenters. The summed E-state index contributed by atoms with van der Waals surface area (Å²) in [5.74, 6) is -0.276. The Kier molecular flexibility index (Phi) is 9.21. The van der Waals surface area contributed by atoms with Crippen molar-refractivity contribution in [2.45, 2.75) is 25.7 Å². The minimum Gasteiger partial charge on any atom is -0.493 e. The van der Waals surface area contributed by atoms with Crippen LogP contribution >= 0.6 is 0 Å². The first kappa shape index (κ1) is 31.7. The van der Waals surface area contributed by atoms with Crippen molar-refractivity contribution in [1.29, 1.82) is 0 Å². The van der Waals surface area contributed by atoms with Gasteiger partial charge in [-0.2, -0.15) is 0 Å². The standard InChI is InChI=1S/C35H36FN5O6/c1-45-30-18-25-27(19-31(30)46-21-22-10-15-41(16-11-22)20-32(37)42)38-14-9-28(25)47-29-8-7-24(17-26(29)36)40-34(44)35(12-13-35)33(43)39-23-5-3-2-4-6-23/h2-9,14,17-19,22H,10-13,15-16,20-21H2,1H3,(H2,37,42)(H,39,43)(H,40,44). The second-order valence-corrected chi connectivity index (χ2v) is 11.9. The lowest BCUT2D eigenvalue weighted by molar-refractivity contribution is -0.131. The maximum Gasteiger partial charge on any atom is 0.240 e. The summed E-state index contributed by atoms with van der Waals surface area (Å²) in [6.07, 6.45) is 4.15. The highest BCUT2D eigenvalue weighted by atomic mass is 19.1.